The van der Waals surface area contributed by atoms with Crippen LogP contribution in [0.15, 0.2) is 0 Å². The third-order valence-corrected chi connectivity index (χ3v) is 2.82. The maximum Gasteiger partial charge on any atom is 0.224 e. The lowest BCUT2D eigenvalue weighted by atomic mass is 10.1. The van der Waals surface area contributed by atoms with Crippen molar-refractivity contribution in [1.29, 1.82) is 0 Å². The monoisotopic (exact) mass is 220 g/mol. The zero-order valence-electron chi connectivity index (χ0n) is 8.15. The minimum Gasteiger partial charge on any atom is -0.381 e. The number of nitrogens with zero attached hydrogens (tertiary/aromatic N) is 1. The first kappa shape index (κ1) is 11.8. The van der Waals surface area contributed by atoms with Crippen LogP contribution in [0.5, 0.6) is 0 Å². The van der Waals surface area contributed by atoms with Gasteiger partial charge in [0.25, 0.3) is 0 Å². The van der Waals surface area contributed by atoms with E-state index >= 15 is 0 Å². The van der Waals surface area contributed by atoms with Crippen LogP contribution in [-0.4, -0.2) is 42.6 Å². The van der Waals surface area contributed by atoms with E-state index in [4.69, 9.17) is 10.5 Å². The van der Waals surface area contributed by atoms with Crippen LogP contribution < -0.4 is 5.73 Å². The van der Waals surface area contributed by atoms with Crippen molar-refractivity contribution in [3.05, 3.63) is 0 Å². The van der Waals surface area contributed by atoms with Gasteiger partial charge < -0.3 is 15.4 Å². The lowest BCUT2D eigenvalue weighted by Gasteiger charge is -2.31. The normalized spacial score (nSPS) is 29.1. The Hall–Kier alpha value is -0.320. The number of amides is 1. The lowest BCUT2D eigenvalue weighted by molar-refractivity contribution is -0.131. The predicted molar refractivity (Wildman–Crippen MR) is 55.4 cm³/mol. The van der Waals surface area contributed by atoms with Gasteiger partial charge in [0, 0.05) is 38.3 Å². The van der Waals surface area contributed by atoms with Crippen molar-refractivity contribution in [2.24, 2.45) is 5.73 Å². The van der Waals surface area contributed by atoms with E-state index in [0.29, 0.717) is 12.5 Å². The highest BCUT2D eigenvalue weighted by Crippen LogP contribution is 2.20. The molecule has 82 valence electrons. The van der Waals surface area contributed by atoms with E-state index in [1.165, 1.54) is 0 Å². The molecule has 2 rings (SSSR count). The molecule has 1 atom stereocenters. The van der Waals surface area contributed by atoms with E-state index in [-0.39, 0.29) is 24.4 Å². The van der Waals surface area contributed by atoms with Gasteiger partial charge in [-0.15, -0.1) is 12.4 Å². The van der Waals surface area contributed by atoms with Gasteiger partial charge in [0.15, 0.2) is 0 Å². The van der Waals surface area contributed by atoms with Gasteiger partial charge >= 0.3 is 0 Å². The van der Waals surface area contributed by atoms with Crippen LogP contribution in [0.1, 0.15) is 19.3 Å². The van der Waals surface area contributed by atoms with Crippen molar-refractivity contribution < 1.29 is 9.53 Å². The highest BCUT2D eigenvalue weighted by molar-refractivity contribution is 5.85. The molecule has 2 fully saturated rings. The van der Waals surface area contributed by atoms with Crippen molar-refractivity contribution in [3.8, 4) is 0 Å². The zero-order valence-corrected chi connectivity index (χ0v) is 8.96. The molecule has 1 unspecified atom stereocenters. The van der Waals surface area contributed by atoms with Crippen molar-refractivity contribution in [2.45, 2.75) is 31.3 Å². The van der Waals surface area contributed by atoms with Crippen molar-refractivity contribution in [1.82, 2.24) is 4.90 Å². The van der Waals surface area contributed by atoms with Crippen molar-refractivity contribution >= 4 is 18.3 Å². The molecule has 2 aliphatic rings. The molecule has 0 aliphatic carbocycles. The summed E-state index contributed by atoms with van der Waals surface area (Å²) in [6.07, 6.45) is 2.47. The highest BCUT2D eigenvalue weighted by Gasteiger charge is 2.32. The van der Waals surface area contributed by atoms with E-state index in [0.717, 1.165) is 32.6 Å². The van der Waals surface area contributed by atoms with E-state index < -0.39 is 0 Å². The third kappa shape index (κ3) is 2.38. The maximum atomic E-state index is 11.5. The number of halogens is 1. The second kappa shape index (κ2) is 4.96. The summed E-state index contributed by atoms with van der Waals surface area (Å²) < 4.78 is 5.25. The topological polar surface area (TPSA) is 55.6 Å². The molecule has 14 heavy (non-hydrogen) atoms. The molecule has 5 heteroatoms. The molecule has 2 saturated heterocycles. The van der Waals surface area contributed by atoms with Gasteiger partial charge in [-0.3, -0.25) is 4.79 Å². The Morgan fingerprint density at radius 1 is 1.36 bits per heavy atom. The molecule has 2 aliphatic heterocycles. The first-order valence-corrected chi connectivity index (χ1v) is 4.90. The van der Waals surface area contributed by atoms with Crippen LogP contribution >= 0.6 is 12.4 Å². The molecule has 0 spiro atoms. The van der Waals surface area contributed by atoms with Gasteiger partial charge in [0.05, 0.1) is 0 Å². The Bertz CT molecular complexity index is 207. The average Bonchev–Trinajstić information content (AvgIpc) is 2.47. The Labute approximate surface area is 90.2 Å². The van der Waals surface area contributed by atoms with E-state index in [1.807, 2.05) is 4.90 Å². The summed E-state index contributed by atoms with van der Waals surface area (Å²) in [6.45, 7) is 2.30. The number of ether oxygens (including phenoxy) is 1. The number of carbonyl (C=O) groups is 1. The molecule has 1 amide bonds. The van der Waals surface area contributed by atoms with E-state index in [2.05, 4.69) is 0 Å². The summed E-state index contributed by atoms with van der Waals surface area (Å²) >= 11 is 0. The van der Waals surface area contributed by atoms with Gasteiger partial charge in [0.2, 0.25) is 5.91 Å². The summed E-state index contributed by atoms with van der Waals surface area (Å²) in [7, 11) is 0. The molecule has 2 N–H and O–H groups in total. The Kier molecular flexibility index (Phi) is 4.16. The summed E-state index contributed by atoms with van der Waals surface area (Å²) in [4.78, 5) is 13.4. The molecule has 2 heterocycles. The van der Waals surface area contributed by atoms with Gasteiger partial charge in [0.1, 0.15) is 0 Å². The second-order valence-corrected chi connectivity index (χ2v) is 3.85. The van der Waals surface area contributed by atoms with Crippen LogP contribution in [0, 0.1) is 0 Å². The van der Waals surface area contributed by atoms with Crippen molar-refractivity contribution in [3.63, 3.8) is 0 Å². The van der Waals surface area contributed by atoms with Crippen LogP contribution in [-0.2, 0) is 9.53 Å². The van der Waals surface area contributed by atoms with Crippen LogP contribution in [0.3, 0.4) is 0 Å². The average molecular weight is 221 g/mol. The highest BCUT2D eigenvalue weighted by atomic mass is 35.5. The third-order valence-electron chi connectivity index (χ3n) is 2.82. The van der Waals surface area contributed by atoms with Gasteiger partial charge in [-0.25, -0.2) is 0 Å². The zero-order chi connectivity index (χ0) is 9.26. The largest absolute Gasteiger partial charge is 0.381 e. The molecule has 0 aromatic heterocycles. The Morgan fingerprint density at radius 2 is 2.00 bits per heavy atom. The summed E-state index contributed by atoms with van der Waals surface area (Å²) in [5.41, 5.74) is 5.73. The minimum atomic E-state index is 0. The lowest BCUT2D eigenvalue weighted by Crippen LogP contribution is -2.41. The summed E-state index contributed by atoms with van der Waals surface area (Å²) in [6, 6.07) is 0.435. The number of rotatable bonds is 1. The number of nitrogens with two attached hydrogens (primary N) is 1. The van der Waals surface area contributed by atoms with Crippen LogP contribution in [0.2, 0.25) is 0 Å². The summed E-state index contributed by atoms with van der Waals surface area (Å²) in [5.74, 6) is 0.222. The molecular formula is C9H17ClN2O2. The van der Waals surface area contributed by atoms with Gasteiger partial charge in [-0.2, -0.15) is 0 Å². The van der Waals surface area contributed by atoms with Crippen LogP contribution in [0.25, 0.3) is 0 Å². The predicted octanol–water partition coefficient (Wildman–Crippen LogP) is 0.147. The number of hydrogen-bond donors (Lipinski definition) is 1. The molecule has 0 bridgehead atoms. The number of carbonyl (C=O) groups excluding carboxylic acids is 1. The molecule has 0 aromatic carbocycles. The molecule has 0 aromatic rings. The van der Waals surface area contributed by atoms with E-state index in [9.17, 15) is 4.79 Å². The molecule has 0 radical (unpaired) electrons. The van der Waals surface area contributed by atoms with Gasteiger partial charge in [-0.05, 0) is 12.8 Å². The fourth-order valence-electron chi connectivity index (χ4n) is 2.11. The van der Waals surface area contributed by atoms with Gasteiger partial charge in [-0.1, -0.05) is 0 Å². The van der Waals surface area contributed by atoms with Crippen LogP contribution in [0.4, 0.5) is 0 Å². The standard InChI is InChI=1S/C9H16N2O2.ClH/c10-7-5-9(12)11(6-7)8-1-3-13-4-2-8;/h7-8H,1-6,10H2;1H. The fourth-order valence-corrected chi connectivity index (χ4v) is 2.11. The van der Waals surface area contributed by atoms with Crippen molar-refractivity contribution in [2.75, 3.05) is 19.8 Å². The first-order chi connectivity index (χ1) is 6.27. The first-order valence-electron chi connectivity index (χ1n) is 4.90. The Morgan fingerprint density at radius 3 is 2.50 bits per heavy atom. The van der Waals surface area contributed by atoms with E-state index in [1.54, 1.807) is 0 Å². The Balaban J connectivity index is 0.000000980. The second-order valence-electron chi connectivity index (χ2n) is 3.85. The quantitative estimate of drug-likeness (QED) is 0.685. The molecule has 4 nitrogen and oxygen atoms in total. The molecule has 0 saturated carbocycles. The number of hydrogen-bond acceptors (Lipinski definition) is 3. The smallest absolute Gasteiger partial charge is 0.224 e. The number of likely N-dealkylation sites (tertiary alicyclic amines) is 1. The SMILES string of the molecule is Cl.NC1CC(=O)N(C2CCOCC2)C1. The minimum absolute atomic E-state index is 0. The maximum absolute atomic E-state index is 11.5. The fraction of sp³-hybridized carbons (Fsp3) is 0.889. The molecular weight excluding hydrogens is 204 g/mol. The summed E-state index contributed by atoms with van der Waals surface area (Å²) in [5, 5.41) is 0.